The van der Waals surface area contributed by atoms with Gasteiger partial charge >= 0.3 is 0 Å². The number of piperazine rings is 1. The third-order valence-corrected chi connectivity index (χ3v) is 4.78. The highest BCUT2D eigenvalue weighted by molar-refractivity contribution is 5.92. The van der Waals surface area contributed by atoms with Gasteiger partial charge in [0.05, 0.1) is 0 Å². The number of hydrogen-bond donors (Lipinski definition) is 1. The molecule has 0 spiro atoms. The molecular weight excluding hydrogens is 342 g/mol. The smallest absolute Gasteiger partial charge is 0.270 e. The summed E-state index contributed by atoms with van der Waals surface area (Å²) in [5, 5.41) is 2.93. The number of rotatable bonds is 4. The highest BCUT2D eigenvalue weighted by atomic mass is 16.2. The van der Waals surface area contributed by atoms with Gasteiger partial charge in [0.2, 0.25) is 11.9 Å². The van der Waals surface area contributed by atoms with Gasteiger partial charge in [-0.1, -0.05) is 24.3 Å². The summed E-state index contributed by atoms with van der Waals surface area (Å²) in [6, 6.07) is 9.66. The minimum atomic E-state index is -0.215. The Morgan fingerprint density at radius 1 is 1.07 bits per heavy atom. The van der Waals surface area contributed by atoms with Crippen molar-refractivity contribution in [2.75, 3.05) is 31.1 Å². The predicted molar refractivity (Wildman–Crippen MR) is 104 cm³/mol. The fraction of sp³-hybridized carbons (Fsp3) is 0.400. The zero-order valence-electron chi connectivity index (χ0n) is 16.0. The number of carbonyl (C=O) groups is 2. The highest BCUT2D eigenvalue weighted by Gasteiger charge is 2.22. The molecule has 1 aromatic heterocycles. The summed E-state index contributed by atoms with van der Waals surface area (Å²) in [5.74, 6) is 0.405. The molecule has 7 nitrogen and oxygen atoms in total. The Hall–Kier alpha value is -2.96. The molecule has 142 valence electrons. The summed E-state index contributed by atoms with van der Waals surface area (Å²) >= 11 is 0. The number of aromatic nitrogens is 2. The number of aryl methyl sites for hydroxylation is 2. The first-order chi connectivity index (χ1) is 12.9. The maximum absolute atomic E-state index is 12.6. The van der Waals surface area contributed by atoms with Crippen LogP contribution >= 0.6 is 0 Å². The first-order valence-electron chi connectivity index (χ1n) is 9.13. The number of hydrogen-bond acceptors (Lipinski definition) is 5. The molecule has 1 aliphatic heterocycles. The van der Waals surface area contributed by atoms with Crippen molar-refractivity contribution in [1.29, 1.82) is 0 Å². The van der Waals surface area contributed by atoms with Gasteiger partial charge in [0.1, 0.15) is 5.69 Å². The van der Waals surface area contributed by atoms with Crippen LogP contribution in [0, 0.1) is 13.8 Å². The lowest BCUT2D eigenvalue weighted by Gasteiger charge is -2.34. The van der Waals surface area contributed by atoms with Crippen molar-refractivity contribution < 1.29 is 9.59 Å². The number of carbonyl (C=O) groups excluding carboxylic acids is 2. The van der Waals surface area contributed by atoms with Crippen molar-refractivity contribution in [2.45, 2.75) is 27.3 Å². The highest BCUT2D eigenvalue weighted by Crippen LogP contribution is 2.14. The molecule has 0 unspecified atom stereocenters. The number of nitrogens with one attached hydrogen (secondary N) is 1. The molecule has 0 aliphatic carbocycles. The Morgan fingerprint density at radius 2 is 1.78 bits per heavy atom. The number of benzene rings is 1. The summed E-state index contributed by atoms with van der Waals surface area (Å²) in [6.07, 6.45) is 0. The first-order valence-corrected chi connectivity index (χ1v) is 9.13. The van der Waals surface area contributed by atoms with Gasteiger partial charge in [0.25, 0.3) is 5.91 Å². The van der Waals surface area contributed by atoms with Crippen molar-refractivity contribution >= 4 is 17.8 Å². The van der Waals surface area contributed by atoms with E-state index in [9.17, 15) is 9.59 Å². The maximum atomic E-state index is 12.6. The van der Waals surface area contributed by atoms with Gasteiger partial charge in [-0.3, -0.25) is 9.59 Å². The second-order valence-electron chi connectivity index (χ2n) is 6.80. The van der Waals surface area contributed by atoms with Crippen molar-refractivity contribution in [3.63, 3.8) is 0 Å². The van der Waals surface area contributed by atoms with Crippen LogP contribution < -0.4 is 10.2 Å². The van der Waals surface area contributed by atoms with Crippen LogP contribution in [-0.2, 0) is 11.3 Å². The lowest BCUT2D eigenvalue weighted by molar-refractivity contribution is -0.129. The van der Waals surface area contributed by atoms with E-state index >= 15 is 0 Å². The third-order valence-electron chi connectivity index (χ3n) is 4.78. The first kappa shape index (κ1) is 18.8. The zero-order chi connectivity index (χ0) is 19.4. The average Bonchev–Trinajstić information content (AvgIpc) is 2.66. The summed E-state index contributed by atoms with van der Waals surface area (Å²) in [5.41, 5.74) is 3.33. The topological polar surface area (TPSA) is 78.4 Å². The van der Waals surface area contributed by atoms with Crippen molar-refractivity contribution in [2.24, 2.45) is 0 Å². The standard InChI is InChI=1S/C20H25N5O2/c1-14-6-4-5-7-17(14)13-21-19(27)18-12-15(2)22-20(23-18)25-10-8-24(9-11-25)16(3)26/h4-7,12H,8-11,13H2,1-3H3,(H,21,27). The molecule has 1 N–H and O–H groups in total. The van der Waals surface area contributed by atoms with E-state index < -0.39 is 0 Å². The van der Waals surface area contributed by atoms with Crippen LogP contribution in [0.25, 0.3) is 0 Å². The number of nitrogens with zero attached hydrogens (tertiary/aromatic N) is 4. The molecule has 0 bridgehead atoms. The van der Waals surface area contributed by atoms with E-state index in [2.05, 4.69) is 15.3 Å². The van der Waals surface area contributed by atoms with E-state index in [0.29, 0.717) is 44.4 Å². The van der Waals surface area contributed by atoms with Gasteiger partial charge in [0.15, 0.2) is 0 Å². The minimum absolute atomic E-state index is 0.0797. The summed E-state index contributed by atoms with van der Waals surface area (Å²) in [4.78, 5) is 36.8. The second kappa shape index (κ2) is 8.16. The van der Waals surface area contributed by atoms with E-state index in [1.165, 1.54) is 0 Å². The predicted octanol–water partition coefficient (Wildman–Crippen LogP) is 1.69. The lowest BCUT2D eigenvalue weighted by atomic mass is 10.1. The molecule has 2 aromatic rings. The summed E-state index contributed by atoms with van der Waals surface area (Å²) in [6.45, 7) is 8.52. The monoisotopic (exact) mass is 367 g/mol. The maximum Gasteiger partial charge on any atom is 0.270 e. The molecule has 2 heterocycles. The Morgan fingerprint density at radius 3 is 2.44 bits per heavy atom. The molecule has 1 aliphatic rings. The van der Waals surface area contributed by atoms with Crippen molar-refractivity contribution in [3.8, 4) is 0 Å². The summed E-state index contributed by atoms with van der Waals surface area (Å²) in [7, 11) is 0. The van der Waals surface area contributed by atoms with Crippen molar-refractivity contribution in [1.82, 2.24) is 20.2 Å². The van der Waals surface area contributed by atoms with Crippen LogP contribution in [0.2, 0.25) is 0 Å². The fourth-order valence-corrected chi connectivity index (χ4v) is 3.11. The van der Waals surface area contributed by atoms with E-state index in [0.717, 1.165) is 16.8 Å². The molecule has 3 rings (SSSR count). The zero-order valence-corrected chi connectivity index (χ0v) is 16.0. The quantitative estimate of drug-likeness (QED) is 0.890. The molecule has 1 aromatic carbocycles. The number of amides is 2. The molecular formula is C20H25N5O2. The fourth-order valence-electron chi connectivity index (χ4n) is 3.11. The number of anilines is 1. The summed E-state index contributed by atoms with van der Waals surface area (Å²) < 4.78 is 0. The normalized spacial score (nSPS) is 14.2. The Labute approximate surface area is 159 Å². The van der Waals surface area contributed by atoms with Gasteiger partial charge in [-0.05, 0) is 31.0 Å². The lowest BCUT2D eigenvalue weighted by Crippen LogP contribution is -2.48. The molecule has 27 heavy (non-hydrogen) atoms. The van der Waals surface area contributed by atoms with Crippen LogP contribution in [0.1, 0.15) is 34.2 Å². The molecule has 7 heteroatoms. The SMILES string of the molecule is CC(=O)N1CCN(c2nc(C)cc(C(=O)NCc3ccccc3C)n2)CC1. The van der Waals surface area contributed by atoms with Crippen LogP contribution in [-0.4, -0.2) is 52.9 Å². The molecule has 0 saturated carbocycles. The molecule has 2 amide bonds. The van der Waals surface area contributed by atoms with Crippen LogP contribution in [0.5, 0.6) is 0 Å². The largest absolute Gasteiger partial charge is 0.347 e. The molecule has 1 saturated heterocycles. The molecule has 0 radical (unpaired) electrons. The Balaban J connectivity index is 1.69. The van der Waals surface area contributed by atoms with Crippen LogP contribution in [0.4, 0.5) is 5.95 Å². The minimum Gasteiger partial charge on any atom is -0.347 e. The van der Waals surface area contributed by atoms with E-state index in [4.69, 9.17) is 0 Å². The second-order valence-corrected chi connectivity index (χ2v) is 6.80. The third kappa shape index (κ3) is 4.61. The molecule has 1 fully saturated rings. The van der Waals surface area contributed by atoms with Gasteiger partial charge < -0.3 is 15.1 Å². The van der Waals surface area contributed by atoms with Gasteiger partial charge in [-0.2, -0.15) is 0 Å². The Kier molecular flexibility index (Phi) is 5.69. The average molecular weight is 367 g/mol. The van der Waals surface area contributed by atoms with E-state index in [1.54, 1.807) is 13.0 Å². The molecule has 0 atom stereocenters. The van der Waals surface area contributed by atoms with Crippen LogP contribution in [0.3, 0.4) is 0 Å². The van der Waals surface area contributed by atoms with E-state index in [-0.39, 0.29) is 11.8 Å². The van der Waals surface area contributed by atoms with Crippen LogP contribution in [0.15, 0.2) is 30.3 Å². The van der Waals surface area contributed by atoms with Gasteiger partial charge in [0, 0.05) is 45.3 Å². The van der Waals surface area contributed by atoms with Crippen molar-refractivity contribution in [3.05, 3.63) is 52.8 Å². The Bertz CT molecular complexity index is 844. The van der Waals surface area contributed by atoms with E-state index in [1.807, 2.05) is 47.9 Å². The van der Waals surface area contributed by atoms with Gasteiger partial charge in [-0.15, -0.1) is 0 Å². The van der Waals surface area contributed by atoms with Gasteiger partial charge in [-0.25, -0.2) is 9.97 Å².